The number of rotatable bonds is 2. The first kappa shape index (κ1) is 11.0. The normalized spacial score (nSPS) is 25.4. The van der Waals surface area contributed by atoms with Gasteiger partial charge in [-0.15, -0.1) is 0 Å². The number of nitrogens with zero attached hydrogens (tertiary/aromatic N) is 2. The summed E-state index contributed by atoms with van der Waals surface area (Å²) in [7, 11) is 2.22. The molecule has 0 atom stereocenters. The number of piperazine rings is 1. The van der Waals surface area contributed by atoms with Crippen LogP contribution in [0.1, 0.15) is 27.7 Å². The minimum atomic E-state index is 0.358. The number of likely N-dealkylation sites (N-methyl/N-ethyl adjacent to an activating group) is 1. The van der Waals surface area contributed by atoms with E-state index in [9.17, 15) is 0 Å². The Hall–Kier alpha value is -0.0800. The fourth-order valence-electron chi connectivity index (χ4n) is 2.21. The molecule has 0 saturated carbocycles. The molecule has 0 bridgehead atoms. The molecule has 0 radical (unpaired) electrons. The molecular weight excluding hydrogens is 160 g/mol. The molecule has 0 unspecified atom stereocenters. The summed E-state index contributed by atoms with van der Waals surface area (Å²) in [6.07, 6.45) is 0. The molecule has 1 fully saturated rings. The fraction of sp³-hybridized carbons (Fsp3) is 1.00. The van der Waals surface area contributed by atoms with E-state index in [-0.39, 0.29) is 0 Å². The summed E-state index contributed by atoms with van der Waals surface area (Å²) < 4.78 is 0. The molecule has 2 heteroatoms. The van der Waals surface area contributed by atoms with E-state index in [1.807, 2.05) is 0 Å². The highest BCUT2D eigenvalue weighted by molar-refractivity contribution is 4.89. The maximum atomic E-state index is 2.62. The van der Waals surface area contributed by atoms with Crippen LogP contribution in [0.5, 0.6) is 0 Å². The molecular formula is C11H24N2. The van der Waals surface area contributed by atoms with Crippen molar-refractivity contribution in [1.82, 2.24) is 9.80 Å². The van der Waals surface area contributed by atoms with Crippen LogP contribution in [0.3, 0.4) is 0 Å². The fourth-order valence-corrected chi connectivity index (χ4v) is 2.21. The second-order valence-electron chi connectivity index (χ2n) is 5.39. The number of hydrogen-bond donors (Lipinski definition) is 0. The Bertz CT molecular complexity index is 163. The van der Waals surface area contributed by atoms with Gasteiger partial charge in [0.05, 0.1) is 0 Å². The van der Waals surface area contributed by atoms with Crippen LogP contribution < -0.4 is 0 Å². The average Bonchev–Trinajstić information content (AvgIpc) is 1.93. The predicted octanol–water partition coefficient (Wildman–Crippen LogP) is 1.67. The van der Waals surface area contributed by atoms with Gasteiger partial charge in [-0.05, 0) is 26.8 Å². The SMILES string of the molecule is CC(C)CN1CCN(C)CC1(C)C. The van der Waals surface area contributed by atoms with Gasteiger partial charge in [-0.1, -0.05) is 13.8 Å². The van der Waals surface area contributed by atoms with Crippen LogP contribution in [0, 0.1) is 5.92 Å². The van der Waals surface area contributed by atoms with Gasteiger partial charge in [-0.25, -0.2) is 0 Å². The molecule has 78 valence electrons. The van der Waals surface area contributed by atoms with E-state index in [0.29, 0.717) is 5.54 Å². The van der Waals surface area contributed by atoms with Crippen molar-refractivity contribution in [2.24, 2.45) is 5.92 Å². The topological polar surface area (TPSA) is 6.48 Å². The Labute approximate surface area is 82.9 Å². The zero-order valence-electron chi connectivity index (χ0n) is 9.80. The Morgan fingerprint density at radius 3 is 2.31 bits per heavy atom. The van der Waals surface area contributed by atoms with E-state index in [4.69, 9.17) is 0 Å². The lowest BCUT2D eigenvalue weighted by atomic mass is 9.97. The molecule has 0 N–H and O–H groups in total. The molecule has 1 aliphatic heterocycles. The van der Waals surface area contributed by atoms with Gasteiger partial charge in [0, 0.05) is 31.7 Å². The van der Waals surface area contributed by atoms with Crippen molar-refractivity contribution in [3.63, 3.8) is 0 Å². The van der Waals surface area contributed by atoms with Crippen molar-refractivity contribution in [2.45, 2.75) is 33.2 Å². The van der Waals surface area contributed by atoms with E-state index in [0.717, 1.165) is 5.92 Å². The summed E-state index contributed by atoms with van der Waals surface area (Å²) in [5.41, 5.74) is 0.358. The Balaban J connectivity index is 2.54. The Morgan fingerprint density at radius 1 is 1.23 bits per heavy atom. The zero-order chi connectivity index (χ0) is 10.1. The third-order valence-corrected chi connectivity index (χ3v) is 2.85. The smallest absolute Gasteiger partial charge is 0.0280 e. The number of hydrogen-bond acceptors (Lipinski definition) is 2. The predicted molar refractivity (Wildman–Crippen MR) is 58.0 cm³/mol. The van der Waals surface area contributed by atoms with Gasteiger partial charge in [-0.2, -0.15) is 0 Å². The van der Waals surface area contributed by atoms with Crippen LogP contribution in [0.25, 0.3) is 0 Å². The standard InChI is InChI=1S/C11H24N2/c1-10(2)8-13-7-6-12(5)9-11(13,3)4/h10H,6-9H2,1-5H3. The largest absolute Gasteiger partial charge is 0.303 e. The quantitative estimate of drug-likeness (QED) is 0.644. The molecule has 2 nitrogen and oxygen atoms in total. The third-order valence-electron chi connectivity index (χ3n) is 2.85. The van der Waals surface area contributed by atoms with Crippen molar-refractivity contribution in [3.8, 4) is 0 Å². The molecule has 0 aromatic carbocycles. The van der Waals surface area contributed by atoms with Gasteiger partial charge < -0.3 is 4.90 Å². The lowest BCUT2D eigenvalue weighted by Crippen LogP contribution is -2.58. The van der Waals surface area contributed by atoms with Crippen LogP contribution in [0.2, 0.25) is 0 Å². The Kier molecular flexibility index (Phi) is 3.36. The minimum Gasteiger partial charge on any atom is -0.303 e. The van der Waals surface area contributed by atoms with Crippen molar-refractivity contribution < 1.29 is 0 Å². The third kappa shape index (κ3) is 2.96. The van der Waals surface area contributed by atoms with E-state index in [1.54, 1.807) is 0 Å². The zero-order valence-corrected chi connectivity index (χ0v) is 9.80. The summed E-state index contributed by atoms with van der Waals surface area (Å²) in [5.74, 6) is 0.780. The summed E-state index contributed by atoms with van der Waals surface area (Å²) in [6.45, 7) is 14.2. The van der Waals surface area contributed by atoms with Gasteiger partial charge in [0.2, 0.25) is 0 Å². The van der Waals surface area contributed by atoms with Gasteiger partial charge in [0.25, 0.3) is 0 Å². The lowest BCUT2D eigenvalue weighted by Gasteiger charge is -2.46. The van der Waals surface area contributed by atoms with Gasteiger partial charge in [0.15, 0.2) is 0 Å². The summed E-state index contributed by atoms with van der Waals surface area (Å²) >= 11 is 0. The molecule has 0 aromatic heterocycles. The molecule has 1 heterocycles. The monoisotopic (exact) mass is 184 g/mol. The molecule has 0 aliphatic carbocycles. The first-order valence-electron chi connectivity index (χ1n) is 5.35. The van der Waals surface area contributed by atoms with E-state index < -0.39 is 0 Å². The first-order valence-corrected chi connectivity index (χ1v) is 5.35. The minimum absolute atomic E-state index is 0.358. The van der Waals surface area contributed by atoms with Gasteiger partial charge in [0.1, 0.15) is 0 Å². The molecule has 1 saturated heterocycles. The molecule has 0 amide bonds. The van der Waals surface area contributed by atoms with Crippen LogP contribution in [-0.4, -0.2) is 48.6 Å². The van der Waals surface area contributed by atoms with Crippen LogP contribution in [-0.2, 0) is 0 Å². The van der Waals surface area contributed by atoms with Crippen molar-refractivity contribution >= 4 is 0 Å². The lowest BCUT2D eigenvalue weighted by molar-refractivity contribution is 0.0234. The van der Waals surface area contributed by atoms with E-state index in [1.165, 1.54) is 26.2 Å². The van der Waals surface area contributed by atoms with E-state index >= 15 is 0 Å². The second-order valence-corrected chi connectivity index (χ2v) is 5.39. The molecule has 1 aliphatic rings. The molecule has 1 rings (SSSR count). The second kappa shape index (κ2) is 3.97. The van der Waals surface area contributed by atoms with Crippen molar-refractivity contribution in [3.05, 3.63) is 0 Å². The average molecular weight is 184 g/mol. The maximum absolute atomic E-state index is 2.62. The highest BCUT2D eigenvalue weighted by Gasteiger charge is 2.31. The first-order chi connectivity index (χ1) is 5.92. The Morgan fingerprint density at radius 2 is 1.85 bits per heavy atom. The summed E-state index contributed by atoms with van der Waals surface area (Å²) in [5, 5.41) is 0. The van der Waals surface area contributed by atoms with Crippen LogP contribution >= 0.6 is 0 Å². The van der Waals surface area contributed by atoms with E-state index in [2.05, 4.69) is 44.5 Å². The van der Waals surface area contributed by atoms with Crippen LogP contribution in [0.15, 0.2) is 0 Å². The highest BCUT2D eigenvalue weighted by atomic mass is 15.3. The van der Waals surface area contributed by atoms with Gasteiger partial charge in [-0.3, -0.25) is 4.90 Å². The van der Waals surface area contributed by atoms with Gasteiger partial charge >= 0.3 is 0 Å². The highest BCUT2D eigenvalue weighted by Crippen LogP contribution is 2.20. The summed E-state index contributed by atoms with van der Waals surface area (Å²) in [6, 6.07) is 0. The van der Waals surface area contributed by atoms with Crippen molar-refractivity contribution in [1.29, 1.82) is 0 Å². The molecule has 0 spiro atoms. The molecule has 13 heavy (non-hydrogen) atoms. The maximum Gasteiger partial charge on any atom is 0.0280 e. The van der Waals surface area contributed by atoms with Crippen LogP contribution in [0.4, 0.5) is 0 Å². The summed E-state index contributed by atoms with van der Waals surface area (Å²) in [4.78, 5) is 5.05. The van der Waals surface area contributed by atoms with Crippen molar-refractivity contribution in [2.75, 3.05) is 33.2 Å². The molecule has 0 aromatic rings.